The molecule has 2 aromatic rings. The lowest BCUT2D eigenvalue weighted by Gasteiger charge is -2.35. The molecule has 1 fully saturated rings. The SMILES string of the molecule is CC1(O)CCN(C(=O)c2cc3cc(N)ccc3[nH]2)CC1. The zero-order valence-corrected chi connectivity index (χ0v) is 11.5. The highest BCUT2D eigenvalue weighted by Gasteiger charge is 2.30. The van der Waals surface area contributed by atoms with E-state index in [1.54, 1.807) is 4.90 Å². The quantitative estimate of drug-likeness (QED) is 0.692. The Hall–Kier alpha value is -2.01. The number of rotatable bonds is 1. The zero-order valence-electron chi connectivity index (χ0n) is 11.5. The number of carbonyl (C=O) groups excluding carboxylic acids is 1. The molecule has 1 aliphatic heterocycles. The van der Waals surface area contributed by atoms with Gasteiger partial charge in [-0.3, -0.25) is 4.79 Å². The normalized spacial score (nSPS) is 18.4. The summed E-state index contributed by atoms with van der Waals surface area (Å²) >= 11 is 0. The molecule has 0 bridgehead atoms. The van der Waals surface area contributed by atoms with Crippen LogP contribution in [-0.4, -0.2) is 39.6 Å². The van der Waals surface area contributed by atoms with Crippen LogP contribution in [-0.2, 0) is 0 Å². The molecule has 5 nitrogen and oxygen atoms in total. The second-order valence-electron chi connectivity index (χ2n) is 5.82. The number of aromatic amines is 1. The molecule has 1 aromatic heterocycles. The van der Waals surface area contributed by atoms with Crippen LogP contribution in [0.5, 0.6) is 0 Å². The third kappa shape index (κ3) is 2.36. The molecular weight excluding hydrogens is 254 g/mol. The smallest absolute Gasteiger partial charge is 0.270 e. The molecule has 1 aromatic carbocycles. The van der Waals surface area contributed by atoms with Crippen LogP contribution in [0.4, 0.5) is 5.69 Å². The van der Waals surface area contributed by atoms with E-state index in [-0.39, 0.29) is 5.91 Å². The number of aromatic nitrogens is 1. The number of hydrogen-bond acceptors (Lipinski definition) is 3. The average molecular weight is 273 g/mol. The first kappa shape index (κ1) is 13.0. The highest BCUT2D eigenvalue weighted by Crippen LogP contribution is 2.24. The number of nitrogens with one attached hydrogen (secondary N) is 1. The van der Waals surface area contributed by atoms with Crippen LogP contribution in [0.1, 0.15) is 30.3 Å². The lowest BCUT2D eigenvalue weighted by Crippen LogP contribution is -2.45. The Labute approximate surface area is 117 Å². The van der Waals surface area contributed by atoms with Gasteiger partial charge in [-0.1, -0.05) is 0 Å². The maximum absolute atomic E-state index is 12.4. The summed E-state index contributed by atoms with van der Waals surface area (Å²) in [6.45, 7) is 2.99. The maximum Gasteiger partial charge on any atom is 0.270 e. The molecular formula is C15H19N3O2. The Morgan fingerprint density at radius 1 is 1.35 bits per heavy atom. The Bertz CT molecular complexity index is 650. The van der Waals surface area contributed by atoms with Gasteiger partial charge in [0.25, 0.3) is 5.91 Å². The number of nitrogens with zero attached hydrogens (tertiary/aromatic N) is 1. The second kappa shape index (κ2) is 4.52. The maximum atomic E-state index is 12.4. The predicted octanol–water partition coefficient (Wildman–Crippen LogP) is 1.74. The van der Waals surface area contributed by atoms with Gasteiger partial charge >= 0.3 is 0 Å². The van der Waals surface area contributed by atoms with Crippen molar-refractivity contribution < 1.29 is 9.90 Å². The fourth-order valence-corrected chi connectivity index (χ4v) is 2.63. The number of likely N-dealkylation sites (tertiary alicyclic amines) is 1. The molecule has 1 aliphatic rings. The van der Waals surface area contributed by atoms with Gasteiger partial charge in [0.15, 0.2) is 0 Å². The number of amides is 1. The molecule has 20 heavy (non-hydrogen) atoms. The second-order valence-corrected chi connectivity index (χ2v) is 5.82. The summed E-state index contributed by atoms with van der Waals surface area (Å²) in [4.78, 5) is 17.4. The number of benzene rings is 1. The fraction of sp³-hybridized carbons (Fsp3) is 0.400. The summed E-state index contributed by atoms with van der Waals surface area (Å²) in [5.41, 5.74) is 7.27. The summed E-state index contributed by atoms with van der Waals surface area (Å²) in [6, 6.07) is 7.37. The first-order chi connectivity index (χ1) is 9.44. The summed E-state index contributed by atoms with van der Waals surface area (Å²) in [5.74, 6) is -0.0183. The molecule has 2 heterocycles. The summed E-state index contributed by atoms with van der Waals surface area (Å²) in [7, 11) is 0. The molecule has 1 amide bonds. The van der Waals surface area contributed by atoms with Crippen molar-refractivity contribution in [2.45, 2.75) is 25.4 Å². The van der Waals surface area contributed by atoms with E-state index in [1.165, 1.54) is 0 Å². The number of carbonyl (C=O) groups is 1. The number of aliphatic hydroxyl groups is 1. The van der Waals surface area contributed by atoms with Crippen molar-refractivity contribution in [3.63, 3.8) is 0 Å². The lowest BCUT2D eigenvalue weighted by atomic mass is 9.94. The van der Waals surface area contributed by atoms with Gasteiger partial charge in [0.1, 0.15) is 5.69 Å². The Morgan fingerprint density at radius 3 is 2.75 bits per heavy atom. The number of piperidine rings is 1. The number of nitrogens with two attached hydrogens (primary N) is 1. The van der Waals surface area contributed by atoms with Gasteiger partial charge in [0.05, 0.1) is 5.60 Å². The molecule has 1 saturated heterocycles. The predicted molar refractivity (Wildman–Crippen MR) is 78.5 cm³/mol. The number of H-pyrrole nitrogens is 1. The van der Waals surface area contributed by atoms with E-state index in [1.807, 2.05) is 31.2 Å². The summed E-state index contributed by atoms with van der Waals surface area (Å²) < 4.78 is 0. The molecule has 3 rings (SSSR count). The minimum Gasteiger partial charge on any atom is -0.399 e. The first-order valence-electron chi connectivity index (χ1n) is 6.84. The molecule has 0 saturated carbocycles. The zero-order chi connectivity index (χ0) is 14.3. The molecule has 106 valence electrons. The van der Waals surface area contributed by atoms with Crippen LogP contribution in [0, 0.1) is 0 Å². The van der Waals surface area contributed by atoms with Gasteiger partial charge in [0, 0.05) is 29.7 Å². The van der Waals surface area contributed by atoms with Crippen LogP contribution in [0.3, 0.4) is 0 Å². The van der Waals surface area contributed by atoms with Gasteiger partial charge in [-0.15, -0.1) is 0 Å². The Morgan fingerprint density at radius 2 is 2.05 bits per heavy atom. The van der Waals surface area contributed by atoms with Gasteiger partial charge < -0.3 is 20.7 Å². The number of fused-ring (bicyclic) bond motifs is 1. The Kier molecular flexibility index (Phi) is 2.94. The number of hydrogen-bond donors (Lipinski definition) is 3. The standard InChI is InChI=1S/C15H19N3O2/c1-15(20)4-6-18(7-5-15)14(19)13-9-10-8-11(16)2-3-12(10)17-13/h2-3,8-9,17,20H,4-7,16H2,1H3. The topological polar surface area (TPSA) is 82.3 Å². The monoisotopic (exact) mass is 273 g/mol. The van der Waals surface area contributed by atoms with Crippen molar-refractivity contribution in [3.8, 4) is 0 Å². The van der Waals surface area contributed by atoms with E-state index in [0.29, 0.717) is 37.3 Å². The summed E-state index contributed by atoms with van der Waals surface area (Å²) in [5, 5.41) is 10.9. The van der Waals surface area contributed by atoms with E-state index in [0.717, 1.165) is 10.9 Å². The van der Waals surface area contributed by atoms with E-state index < -0.39 is 5.60 Å². The molecule has 0 unspecified atom stereocenters. The highest BCUT2D eigenvalue weighted by molar-refractivity contribution is 5.98. The van der Waals surface area contributed by atoms with Gasteiger partial charge in [-0.05, 0) is 44.0 Å². The van der Waals surface area contributed by atoms with Crippen molar-refractivity contribution in [2.24, 2.45) is 0 Å². The average Bonchev–Trinajstić information content (AvgIpc) is 2.80. The molecule has 0 spiro atoms. The molecule has 0 radical (unpaired) electrons. The van der Waals surface area contributed by atoms with Gasteiger partial charge in [0.2, 0.25) is 0 Å². The molecule has 0 aliphatic carbocycles. The summed E-state index contributed by atoms with van der Waals surface area (Å²) in [6.07, 6.45) is 1.23. The van der Waals surface area contributed by atoms with Crippen LogP contribution in [0.2, 0.25) is 0 Å². The van der Waals surface area contributed by atoms with Crippen LogP contribution < -0.4 is 5.73 Å². The van der Waals surface area contributed by atoms with Crippen LogP contribution in [0.15, 0.2) is 24.3 Å². The molecule has 0 atom stereocenters. The van der Waals surface area contributed by atoms with E-state index >= 15 is 0 Å². The van der Waals surface area contributed by atoms with Crippen molar-refractivity contribution in [2.75, 3.05) is 18.8 Å². The lowest BCUT2D eigenvalue weighted by molar-refractivity contribution is -0.00216. The number of anilines is 1. The molecule has 4 N–H and O–H groups in total. The van der Waals surface area contributed by atoms with Crippen molar-refractivity contribution >= 4 is 22.5 Å². The first-order valence-corrected chi connectivity index (χ1v) is 6.84. The molecule has 5 heteroatoms. The largest absolute Gasteiger partial charge is 0.399 e. The van der Waals surface area contributed by atoms with Crippen LogP contribution in [0.25, 0.3) is 10.9 Å². The van der Waals surface area contributed by atoms with Crippen molar-refractivity contribution in [1.29, 1.82) is 0 Å². The minimum absolute atomic E-state index is 0.0183. The highest BCUT2D eigenvalue weighted by atomic mass is 16.3. The van der Waals surface area contributed by atoms with E-state index in [2.05, 4.69) is 4.98 Å². The van der Waals surface area contributed by atoms with E-state index in [9.17, 15) is 9.90 Å². The Balaban J connectivity index is 1.82. The van der Waals surface area contributed by atoms with E-state index in [4.69, 9.17) is 5.73 Å². The third-order valence-corrected chi connectivity index (χ3v) is 4.00. The van der Waals surface area contributed by atoms with Gasteiger partial charge in [-0.2, -0.15) is 0 Å². The van der Waals surface area contributed by atoms with Crippen LogP contribution >= 0.6 is 0 Å². The van der Waals surface area contributed by atoms with Crippen molar-refractivity contribution in [1.82, 2.24) is 9.88 Å². The third-order valence-electron chi connectivity index (χ3n) is 4.00. The van der Waals surface area contributed by atoms with Gasteiger partial charge in [-0.25, -0.2) is 0 Å². The number of nitrogen functional groups attached to an aromatic ring is 1. The van der Waals surface area contributed by atoms with Crippen molar-refractivity contribution in [3.05, 3.63) is 30.0 Å². The fourth-order valence-electron chi connectivity index (χ4n) is 2.63. The minimum atomic E-state index is -0.647.